The molecular formula is C14H8F2N2O. The van der Waals surface area contributed by atoms with Crippen molar-refractivity contribution in [1.29, 1.82) is 0 Å². The van der Waals surface area contributed by atoms with Gasteiger partial charge in [-0.3, -0.25) is 4.79 Å². The molecule has 0 saturated heterocycles. The zero-order valence-electron chi connectivity index (χ0n) is 9.68. The van der Waals surface area contributed by atoms with Gasteiger partial charge in [0, 0.05) is 5.56 Å². The van der Waals surface area contributed by atoms with E-state index >= 15 is 0 Å². The average molecular weight is 258 g/mol. The molecule has 0 saturated carbocycles. The molecule has 1 aromatic carbocycles. The largest absolute Gasteiger partial charge is 0.271 e. The molecule has 0 aromatic heterocycles. The third kappa shape index (κ3) is 2.03. The van der Waals surface area contributed by atoms with Gasteiger partial charge in [0.1, 0.15) is 5.92 Å². The van der Waals surface area contributed by atoms with Crippen molar-refractivity contribution in [3.8, 4) is 0 Å². The second kappa shape index (κ2) is 4.35. The van der Waals surface area contributed by atoms with Crippen LogP contribution in [0.2, 0.25) is 0 Å². The average Bonchev–Trinajstić information content (AvgIpc) is 2.42. The van der Waals surface area contributed by atoms with Crippen LogP contribution in [0, 0.1) is 17.6 Å². The molecule has 0 bridgehead atoms. The van der Waals surface area contributed by atoms with Crippen LogP contribution >= 0.6 is 0 Å². The molecule has 1 aliphatic carbocycles. The SMILES string of the molecule is O=C1N=C(c2ccc(F)c(F)c2)N=C2C=CC=CC12. The van der Waals surface area contributed by atoms with E-state index in [0.29, 0.717) is 5.71 Å². The zero-order valence-corrected chi connectivity index (χ0v) is 9.68. The highest BCUT2D eigenvalue weighted by molar-refractivity contribution is 6.24. The van der Waals surface area contributed by atoms with Gasteiger partial charge in [0.15, 0.2) is 17.5 Å². The van der Waals surface area contributed by atoms with Crippen LogP contribution < -0.4 is 0 Å². The molecule has 1 aliphatic heterocycles. The Morgan fingerprint density at radius 2 is 1.89 bits per heavy atom. The minimum absolute atomic E-state index is 0.107. The van der Waals surface area contributed by atoms with E-state index in [1.165, 1.54) is 6.07 Å². The molecule has 1 amide bonds. The van der Waals surface area contributed by atoms with Gasteiger partial charge in [0.25, 0.3) is 5.91 Å². The van der Waals surface area contributed by atoms with Crippen molar-refractivity contribution in [2.24, 2.45) is 15.9 Å². The Balaban J connectivity index is 2.04. The number of nitrogens with zero attached hydrogens (tertiary/aromatic N) is 2. The predicted molar refractivity (Wildman–Crippen MR) is 67.1 cm³/mol. The molecule has 3 rings (SSSR count). The molecule has 5 heteroatoms. The molecule has 1 heterocycles. The minimum atomic E-state index is -0.992. The highest BCUT2D eigenvalue weighted by Crippen LogP contribution is 2.19. The van der Waals surface area contributed by atoms with Crippen LogP contribution in [0.5, 0.6) is 0 Å². The Morgan fingerprint density at radius 1 is 1.05 bits per heavy atom. The van der Waals surface area contributed by atoms with Crippen molar-refractivity contribution in [3.63, 3.8) is 0 Å². The Kier molecular flexibility index (Phi) is 2.67. The van der Waals surface area contributed by atoms with Gasteiger partial charge in [0.05, 0.1) is 5.71 Å². The van der Waals surface area contributed by atoms with Gasteiger partial charge in [-0.15, -0.1) is 0 Å². The molecule has 1 unspecified atom stereocenters. The standard InChI is InChI=1S/C14H8F2N2O/c15-10-6-5-8(7-11(10)16)13-17-12-4-2-1-3-9(12)14(19)18-13/h1-7,9H. The van der Waals surface area contributed by atoms with E-state index in [4.69, 9.17) is 0 Å². The molecule has 1 aromatic rings. The summed E-state index contributed by atoms with van der Waals surface area (Å²) in [6.07, 6.45) is 6.92. The lowest BCUT2D eigenvalue weighted by Crippen LogP contribution is -2.27. The Morgan fingerprint density at radius 3 is 2.68 bits per heavy atom. The first kappa shape index (κ1) is 11.6. The van der Waals surface area contributed by atoms with Crippen molar-refractivity contribution in [2.75, 3.05) is 0 Å². The minimum Gasteiger partial charge on any atom is -0.271 e. The van der Waals surface area contributed by atoms with E-state index in [1.54, 1.807) is 24.3 Å². The summed E-state index contributed by atoms with van der Waals surface area (Å²) < 4.78 is 26.0. The Bertz CT molecular complexity index is 687. The molecule has 0 spiro atoms. The highest BCUT2D eigenvalue weighted by atomic mass is 19.2. The van der Waals surface area contributed by atoms with Crippen LogP contribution in [0.4, 0.5) is 8.78 Å². The lowest BCUT2D eigenvalue weighted by atomic mass is 9.96. The smallest absolute Gasteiger partial charge is 0.260 e. The van der Waals surface area contributed by atoms with E-state index in [9.17, 15) is 13.6 Å². The van der Waals surface area contributed by atoms with Gasteiger partial charge in [-0.05, 0) is 24.3 Å². The fraction of sp³-hybridized carbons (Fsp3) is 0.0714. The predicted octanol–water partition coefficient (Wildman–Crippen LogP) is 2.43. The molecule has 0 N–H and O–H groups in total. The normalized spacial score (nSPS) is 20.9. The van der Waals surface area contributed by atoms with Crippen molar-refractivity contribution in [2.45, 2.75) is 0 Å². The number of amides is 1. The monoisotopic (exact) mass is 258 g/mol. The summed E-state index contributed by atoms with van der Waals surface area (Å²) in [6, 6.07) is 3.31. The summed E-state index contributed by atoms with van der Waals surface area (Å²) in [5.74, 6) is -2.66. The fourth-order valence-electron chi connectivity index (χ4n) is 1.93. The maximum absolute atomic E-state index is 13.2. The van der Waals surface area contributed by atoms with Gasteiger partial charge >= 0.3 is 0 Å². The number of rotatable bonds is 1. The van der Waals surface area contributed by atoms with Crippen LogP contribution in [0.3, 0.4) is 0 Å². The number of carbonyl (C=O) groups excluding carboxylic acids is 1. The molecule has 19 heavy (non-hydrogen) atoms. The number of hydrogen-bond donors (Lipinski definition) is 0. The number of hydrogen-bond acceptors (Lipinski definition) is 2. The van der Waals surface area contributed by atoms with E-state index in [-0.39, 0.29) is 17.3 Å². The Hall–Kier alpha value is -2.43. The van der Waals surface area contributed by atoms with E-state index < -0.39 is 17.6 Å². The first-order valence-corrected chi connectivity index (χ1v) is 5.66. The van der Waals surface area contributed by atoms with Gasteiger partial charge in [-0.25, -0.2) is 13.8 Å². The van der Waals surface area contributed by atoms with Crippen molar-refractivity contribution in [1.82, 2.24) is 0 Å². The van der Waals surface area contributed by atoms with Gasteiger partial charge < -0.3 is 0 Å². The molecule has 2 aliphatic rings. The summed E-state index contributed by atoms with van der Waals surface area (Å²) in [5, 5.41) is 0. The third-order valence-corrected chi connectivity index (χ3v) is 2.90. The summed E-state index contributed by atoms with van der Waals surface area (Å²) in [7, 11) is 0. The molecule has 0 radical (unpaired) electrons. The zero-order chi connectivity index (χ0) is 13.4. The summed E-state index contributed by atoms with van der Waals surface area (Å²) in [5.41, 5.74) is 0.836. The first-order valence-electron chi connectivity index (χ1n) is 5.66. The lowest BCUT2D eigenvalue weighted by Gasteiger charge is -2.17. The molecule has 1 atom stereocenters. The quantitative estimate of drug-likeness (QED) is 0.762. The molecule has 0 fully saturated rings. The summed E-state index contributed by atoms with van der Waals surface area (Å²) in [6.45, 7) is 0. The fourth-order valence-corrected chi connectivity index (χ4v) is 1.93. The topological polar surface area (TPSA) is 41.8 Å². The number of allylic oxidation sites excluding steroid dienone is 3. The summed E-state index contributed by atoms with van der Waals surface area (Å²) >= 11 is 0. The van der Waals surface area contributed by atoms with Crippen molar-refractivity contribution < 1.29 is 13.6 Å². The number of fused-ring (bicyclic) bond motifs is 1. The van der Waals surface area contributed by atoms with Crippen LogP contribution in [-0.2, 0) is 4.79 Å². The number of aliphatic imine (C=N–C) groups is 2. The van der Waals surface area contributed by atoms with Crippen LogP contribution in [0.1, 0.15) is 5.56 Å². The van der Waals surface area contributed by atoms with Gasteiger partial charge in [-0.1, -0.05) is 18.2 Å². The number of halogens is 2. The van der Waals surface area contributed by atoms with E-state index in [2.05, 4.69) is 9.98 Å². The molecule has 3 nitrogen and oxygen atoms in total. The maximum atomic E-state index is 13.2. The lowest BCUT2D eigenvalue weighted by molar-refractivity contribution is -0.118. The number of carbonyl (C=O) groups is 1. The highest BCUT2D eigenvalue weighted by Gasteiger charge is 2.26. The Labute approximate surface area is 107 Å². The van der Waals surface area contributed by atoms with Gasteiger partial charge in [0.2, 0.25) is 0 Å². The van der Waals surface area contributed by atoms with E-state index in [1.807, 2.05) is 0 Å². The molecule has 94 valence electrons. The molecular weight excluding hydrogens is 250 g/mol. The summed E-state index contributed by atoms with van der Waals surface area (Å²) in [4.78, 5) is 19.9. The first-order chi connectivity index (χ1) is 9.15. The van der Waals surface area contributed by atoms with E-state index in [0.717, 1.165) is 12.1 Å². The number of benzene rings is 1. The van der Waals surface area contributed by atoms with Crippen LogP contribution in [0.25, 0.3) is 0 Å². The van der Waals surface area contributed by atoms with Crippen molar-refractivity contribution in [3.05, 3.63) is 59.7 Å². The van der Waals surface area contributed by atoms with Crippen LogP contribution in [0.15, 0.2) is 52.5 Å². The second-order valence-electron chi connectivity index (χ2n) is 4.16. The second-order valence-corrected chi connectivity index (χ2v) is 4.16. The maximum Gasteiger partial charge on any atom is 0.260 e. The van der Waals surface area contributed by atoms with Crippen LogP contribution in [-0.4, -0.2) is 17.5 Å². The van der Waals surface area contributed by atoms with Gasteiger partial charge in [-0.2, -0.15) is 4.99 Å². The van der Waals surface area contributed by atoms with Crippen molar-refractivity contribution >= 4 is 17.5 Å². The number of amidine groups is 1. The third-order valence-electron chi connectivity index (χ3n) is 2.90.